The fourth-order valence-corrected chi connectivity index (χ4v) is 2.33. The fraction of sp³-hybridized carbons (Fsp3) is 0.471. The van der Waals surface area contributed by atoms with E-state index in [9.17, 15) is 4.79 Å². The van der Waals surface area contributed by atoms with Crippen molar-refractivity contribution in [3.63, 3.8) is 0 Å². The Hall–Kier alpha value is -1.81. The second-order valence-corrected chi connectivity index (χ2v) is 5.54. The lowest BCUT2D eigenvalue weighted by Crippen LogP contribution is -2.50. The van der Waals surface area contributed by atoms with Gasteiger partial charge in [-0.1, -0.05) is 42.8 Å². The van der Waals surface area contributed by atoms with Crippen LogP contribution in [0.4, 0.5) is 4.79 Å². The topological polar surface area (TPSA) is 35.6 Å². The van der Waals surface area contributed by atoms with Crippen LogP contribution in [0.1, 0.15) is 25.8 Å². The third-order valence-electron chi connectivity index (χ3n) is 3.91. The van der Waals surface area contributed by atoms with Crippen molar-refractivity contribution in [3.05, 3.63) is 47.7 Å². The highest BCUT2D eigenvalue weighted by atomic mass is 16.2. The first kappa shape index (κ1) is 15.6. The van der Waals surface area contributed by atoms with Crippen molar-refractivity contribution >= 4 is 6.03 Å². The number of hydrogen-bond acceptors (Lipinski definition) is 2. The Bertz CT molecular complexity index is 476. The summed E-state index contributed by atoms with van der Waals surface area (Å²) in [6.45, 7) is 8.51. The average Bonchev–Trinajstić information content (AvgIpc) is 2.54. The first-order valence-electron chi connectivity index (χ1n) is 7.66. The molecule has 0 saturated carbocycles. The molecule has 1 fully saturated rings. The van der Waals surface area contributed by atoms with Gasteiger partial charge < -0.3 is 10.2 Å². The smallest absolute Gasteiger partial charge is 0.321 e. The molecule has 1 heterocycles. The molecule has 0 radical (unpaired) electrons. The first-order valence-corrected chi connectivity index (χ1v) is 7.66. The largest absolute Gasteiger partial charge is 0.322 e. The van der Waals surface area contributed by atoms with E-state index in [1.165, 1.54) is 11.1 Å². The Morgan fingerprint density at radius 2 is 1.86 bits per heavy atom. The number of carbonyl (C=O) groups excluding carboxylic acids is 1. The van der Waals surface area contributed by atoms with Crippen molar-refractivity contribution in [3.8, 4) is 0 Å². The molecule has 1 aromatic carbocycles. The molecule has 1 aliphatic rings. The predicted octanol–water partition coefficient (Wildman–Crippen LogP) is 2.83. The van der Waals surface area contributed by atoms with Gasteiger partial charge in [0.25, 0.3) is 0 Å². The number of piperazine rings is 1. The van der Waals surface area contributed by atoms with Gasteiger partial charge in [0, 0.05) is 38.9 Å². The van der Waals surface area contributed by atoms with E-state index in [-0.39, 0.29) is 6.03 Å². The van der Waals surface area contributed by atoms with Gasteiger partial charge in [0.1, 0.15) is 0 Å². The molecule has 0 aliphatic carbocycles. The second kappa shape index (κ2) is 7.84. The number of benzene rings is 1. The highest BCUT2D eigenvalue weighted by Crippen LogP contribution is 2.08. The van der Waals surface area contributed by atoms with E-state index in [1.54, 1.807) is 0 Å². The van der Waals surface area contributed by atoms with Crippen molar-refractivity contribution in [1.29, 1.82) is 0 Å². The molecule has 1 saturated heterocycles. The van der Waals surface area contributed by atoms with Gasteiger partial charge in [-0.25, -0.2) is 4.79 Å². The summed E-state index contributed by atoms with van der Waals surface area (Å²) in [5, 5.41) is 2.87. The summed E-state index contributed by atoms with van der Waals surface area (Å²) in [4.78, 5) is 16.3. The average molecular weight is 287 g/mol. The third kappa shape index (κ3) is 4.90. The normalized spacial score (nSPS) is 16.9. The molecule has 1 aliphatic heterocycles. The number of amides is 2. The molecular weight excluding hydrogens is 262 g/mol. The Morgan fingerprint density at radius 3 is 2.48 bits per heavy atom. The van der Waals surface area contributed by atoms with Gasteiger partial charge in [0.05, 0.1) is 0 Å². The molecule has 1 aromatic rings. The van der Waals surface area contributed by atoms with Crippen molar-refractivity contribution < 1.29 is 4.79 Å². The van der Waals surface area contributed by atoms with Crippen LogP contribution in [0.2, 0.25) is 0 Å². The van der Waals surface area contributed by atoms with Crippen LogP contribution in [0.15, 0.2) is 42.1 Å². The van der Waals surface area contributed by atoms with E-state index in [2.05, 4.69) is 41.4 Å². The minimum atomic E-state index is 0.0159. The number of nitrogens with zero attached hydrogens (tertiary/aromatic N) is 2. The molecule has 2 rings (SSSR count). The van der Waals surface area contributed by atoms with E-state index < -0.39 is 0 Å². The second-order valence-electron chi connectivity index (χ2n) is 5.54. The van der Waals surface area contributed by atoms with Crippen LogP contribution in [0.25, 0.3) is 0 Å². The lowest BCUT2D eigenvalue weighted by molar-refractivity contribution is 0.137. The molecule has 4 heteroatoms. The van der Waals surface area contributed by atoms with Crippen LogP contribution in [0.3, 0.4) is 0 Å². The number of carbonyl (C=O) groups is 1. The van der Waals surface area contributed by atoms with Gasteiger partial charge in [-0.3, -0.25) is 4.90 Å². The number of allylic oxidation sites excluding steroid dienone is 1. The Kier molecular flexibility index (Phi) is 5.81. The van der Waals surface area contributed by atoms with Gasteiger partial charge in [-0.2, -0.15) is 0 Å². The standard InChI is InChI=1S/C17H25N3O/c1-3-15(2)13-18-17(21)20-11-9-19(10-12-20)14-16-7-5-4-6-8-16/h4-8,13H,3,9-12,14H2,1-2H3,(H,18,21)/b15-13+. The predicted molar refractivity (Wildman–Crippen MR) is 85.9 cm³/mol. The van der Waals surface area contributed by atoms with Crippen LogP contribution in [0, 0.1) is 0 Å². The zero-order valence-corrected chi connectivity index (χ0v) is 13.0. The van der Waals surface area contributed by atoms with E-state index in [0.717, 1.165) is 39.1 Å². The third-order valence-corrected chi connectivity index (χ3v) is 3.91. The van der Waals surface area contributed by atoms with Crippen LogP contribution in [0.5, 0.6) is 0 Å². The molecule has 1 N–H and O–H groups in total. The first-order chi connectivity index (χ1) is 10.2. The summed E-state index contributed by atoms with van der Waals surface area (Å²) >= 11 is 0. The van der Waals surface area contributed by atoms with Gasteiger partial charge >= 0.3 is 6.03 Å². The number of hydrogen-bond donors (Lipinski definition) is 1. The maximum atomic E-state index is 12.0. The highest BCUT2D eigenvalue weighted by molar-refractivity contribution is 5.75. The minimum absolute atomic E-state index is 0.0159. The molecule has 0 spiro atoms. The van der Waals surface area contributed by atoms with E-state index in [1.807, 2.05) is 24.1 Å². The van der Waals surface area contributed by atoms with Gasteiger partial charge in [-0.05, 0) is 18.9 Å². The molecule has 0 bridgehead atoms. The van der Waals surface area contributed by atoms with Crippen molar-refractivity contribution in [2.45, 2.75) is 26.8 Å². The van der Waals surface area contributed by atoms with Crippen molar-refractivity contribution in [2.75, 3.05) is 26.2 Å². The fourth-order valence-electron chi connectivity index (χ4n) is 2.33. The summed E-state index contributed by atoms with van der Waals surface area (Å²) in [5.74, 6) is 0. The molecule has 21 heavy (non-hydrogen) atoms. The Labute approximate surface area is 127 Å². The van der Waals surface area contributed by atoms with E-state index in [0.29, 0.717) is 0 Å². The van der Waals surface area contributed by atoms with Crippen molar-refractivity contribution in [1.82, 2.24) is 15.1 Å². The molecule has 0 aromatic heterocycles. The maximum Gasteiger partial charge on any atom is 0.321 e. The zero-order valence-electron chi connectivity index (χ0n) is 13.0. The SMILES string of the molecule is CC/C(C)=C/NC(=O)N1CCN(Cc2ccccc2)CC1. The molecule has 0 unspecified atom stereocenters. The van der Waals surface area contributed by atoms with E-state index in [4.69, 9.17) is 0 Å². The molecule has 0 atom stereocenters. The molecule has 4 nitrogen and oxygen atoms in total. The van der Waals surface area contributed by atoms with Gasteiger partial charge in [-0.15, -0.1) is 0 Å². The summed E-state index contributed by atoms with van der Waals surface area (Å²) < 4.78 is 0. The maximum absolute atomic E-state index is 12.0. The molecule has 114 valence electrons. The Morgan fingerprint density at radius 1 is 1.19 bits per heavy atom. The van der Waals surface area contributed by atoms with Crippen LogP contribution in [-0.2, 0) is 6.54 Å². The monoisotopic (exact) mass is 287 g/mol. The number of urea groups is 1. The highest BCUT2D eigenvalue weighted by Gasteiger charge is 2.20. The lowest BCUT2D eigenvalue weighted by Gasteiger charge is -2.34. The quantitative estimate of drug-likeness (QED) is 0.924. The van der Waals surface area contributed by atoms with Gasteiger partial charge in [0.2, 0.25) is 0 Å². The summed E-state index contributed by atoms with van der Waals surface area (Å²) in [7, 11) is 0. The lowest BCUT2D eigenvalue weighted by atomic mass is 10.2. The van der Waals surface area contributed by atoms with Crippen LogP contribution >= 0.6 is 0 Å². The zero-order chi connectivity index (χ0) is 15.1. The van der Waals surface area contributed by atoms with Crippen LogP contribution in [-0.4, -0.2) is 42.0 Å². The number of rotatable bonds is 4. The molecule has 2 amide bonds. The summed E-state index contributed by atoms with van der Waals surface area (Å²) in [6, 6.07) is 10.5. The van der Waals surface area contributed by atoms with Crippen LogP contribution < -0.4 is 5.32 Å². The summed E-state index contributed by atoms with van der Waals surface area (Å²) in [5.41, 5.74) is 2.52. The summed E-state index contributed by atoms with van der Waals surface area (Å²) in [6.07, 6.45) is 2.78. The number of nitrogens with one attached hydrogen (secondary N) is 1. The van der Waals surface area contributed by atoms with Gasteiger partial charge in [0.15, 0.2) is 0 Å². The molecular formula is C17H25N3O. The van der Waals surface area contributed by atoms with E-state index >= 15 is 0 Å². The minimum Gasteiger partial charge on any atom is -0.322 e. The Balaban J connectivity index is 1.76. The van der Waals surface area contributed by atoms with Crippen molar-refractivity contribution in [2.24, 2.45) is 0 Å².